The average molecular weight is 750 g/mol. The maximum Gasteiger partial charge on any atom is 1.00 e. The third kappa shape index (κ3) is 9.66. The van der Waals surface area contributed by atoms with Gasteiger partial charge in [0.15, 0.2) is 19.7 Å². The van der Waals surface area contributed by atoms with E-state index in [1.807, 2.05) is 0 Å². The smallest absolute Gasteiger partial charge is 0.871 e. The van der Waals surface area contributed by atoms with Crippen LogP contribution in [-0.2, 0) is 39.8 Å². The molecule has 0 bridgehead atoms. The van der Waals surface area contributed by atoms with Crippen LogP contribution in [0.5, 0.6) is 5.75 Å². The maximum atomic E-state index is 13.5. The molecule has 0 spiro atoms. The van der Waals surface area contributed by atoms with E-state index >= 15 is 0 Å². The number of hydrogen-bond donors (Lipinski definition) is 1. The summed E-state index contributed by atoms with van der Waals surface area (Å²) in [5, 5.41) is 29.9. The summed E-state index contributed by atoms with van der Waals surface area (Å²) in [5.74, 6) is -1.08. The van der Waals surface area contributed by atoms with Crippen molar-refractivity contribution < 1.29 is 102 Å². The number of fused-ring (bicyclic) bond motifs is 1. The molecule has 0 aliphatic rings. The maximum absolute atomic E-state index is 13.5. The molecule has 0 heterocycles. The first-order valence-corrected chi connectivity index (χ1v) is 18.8. The molecule has 4 aromatic rings. The van der Waals surface area contributed by atoms with Crippen LogP contribution in [0.25, 0.3) is 10.8 Å². The van der Waals surface area contributed by atoms with Crippen LogP contribution in [0.4, 0.5) is 28.4 Å². The molecule has 240 valence electrons. The Bertz CT molecular complexity index is 2400. The van der Waals surface area contributed by atoms with Gasteiger partial charge in [-0.2, -0.15) is 10.2 Å². The number of rotatable bonds is 11. The van der Waals surface area contributed by atoms with Gasteiger partial charge in [-0.3, -0.25) is 4.72 Å². The number of sulfonamides is 1. The second-order valence-corrected chi connectivity index (χ2v) is 16.1. The van der Waals surface area contributed by atoms with Crippen molar-refractivity contribution >= 4 is 79.0 Å². The predicted molar refractivity (Wildman–Crippen MR) is 166 cm³/mol. The fourth-order valence-electron chi connectivity index (χ4n) is 3.88. The minimum absolute atomic E-state index is 0. The molecule has 48 heavy (non-hydrogen) atoms. The fourth-order valence-corrected chi connectivity index (χ4v) is 6.49. The quantitative estimate of drug-likeness (QED) is 0.110. The second kappa shape index (κ2) is 15.8. The van der Waals surface area contributed by atoms with Crippen molar-refractivity contribution in [3.63, 3.8) is 0 Å². The van der Waals surface area contributed by atoms with Gasteiger partial charge in [-0.05, 0) is 66.0 Å². The first-order chi connectivity index (χ1) is 21.4. The molecule has 0 radical (unpaired) electrons. The van der Waals surface area contributed by atoms with Gasteiger partial charge in [0, 0.05) is 16.2 Å². The molecular formula is C27H21N5Na2O10S4. The molecular weight excluding hydrogens is 729 g/mol. The Hall–Kier alpha value is -2.82. The zero-order valence-electron chi connectivity index (χ0n) is 25.4. The minimum atomic E-state index is -5.40. The summed E-state index contributed by atoms with van der Waals surface area (Å²) in [6, 6.07) is 12.8. The molecule has 0 fully saturated rings. The van der Waals surface area contributed by atoms with Crippen molar-refractivity contribution in [1.82, 2.24) is 0 Å². The molecule has 15 nitrogen and oxygen atoms in total. The first kappa shape index (κ1) is 41.4. The molecule has 4 aromatic carbocycles. The number of hydrogen-bond acceptors (Lipinski definition) is 14. The SMILES string of the molecule is C=CS(=O)(=O)c1ccc(N=Nc2c(S(=O)(=O)[O-])cc3c(N=Nc4ccc(S(=O)(=O)C=C)cc4)c(NS(C)(=O)=O)ccc3c2[O-])cc1.[Na+].[Na+]. The second-order valence-electron chi connectivity index (χ2n) is 9.25. The molecule has 0 saturated heterocycles. The van der Waals surface area contributed by atoms with Crippen LogP contribution in [0.2, 0.25) is 0 Å². The topological polar surface area (TPSA) is 244 Å². The monoisotopic (exact) mass is 749 g/mol. The molecule has 0 aliphatic carbocycles. The van der Waals surface area contributed by atoms with E-state index in [-0.39, 0.29) is 102 Å². The standard InChI is InChI=1S/C27H23N5O10S4.2Na/c1-4-44(36,37)19-10-6-17(7-11-19)28-30-25-22-16-24(46(40,41)42)26(27(33)21(22)14-15-23(25)32-43(3,34)35)31-29-18-8-12-20(13-9-18)45(38,39)5-2;;/h4-16,32-33H,1-2H2,3H3,(H,40,41,42);;/q;2*+1/p-2. The summed E-state index contributed by atoms with van der Waals surface area (Å²) >= 11 is 0. The van der Waals surface area contributed by atoms with Crippen molar-refractivity contribution in [2.75, 3.05) is 11.0 Å². The Balaban J connectivity index is 0.00000400. The third-order valence-corrected chi connectivity index (χ3v) is 10.2. The van der Waals surface area contributed by atoms with Gasteiger partial charge in [-0.25, -0.2) is 33.7 Å². The van der Waals surface area contributed by atoms with Gasteiger partial charge < -0.3 is 9.66 Å². The average Bonchev–Trinajstić information content (AvgIpc) is 2.99. The van der Waals surface area contributed by atoms with Gasteiger partial charge in [-0.1, -0.05) is 25.0 Å². The van der Waals surface area contributed by atoms with Gasteiger partial charge in [0.2, 0.25) is 10.0 Å². The van der Waals surface area contributed by atoms with Crippen molar-refractivity contribution in [2.24, 2.45) is 20.5 Å². The Morgan fingerprint density at radius 1 is 0.646 bits per heavy atom. The van der Waals surface area contributed by atoms with Gasteiger partial charge >= 0.3 is 59.1 Å². The number of nitrogens with one attached hydrogen (secondary N) is 1. The summed E-state index contributed by atoms with van der Waals surface area (Å²) in [6.07, 6.45) is 0.826. The normalized spacial score (nSPS) is 12.4. The predicted octanol–water partition coefficient (Wildman–Crippen LogP) is -1.14. The summed E-state index contributed by atoms with van der Waals surface area (Å²) in [6.45, 7) is 6.47. The van der Waals surface area contributed by atoms with Crippen molar-refractivity contribution in [2.45, 2.75) is 14.7 Å². The van der Waals surface area contributed by atoms with Crippen molar-refractivity contribution in [3.05, 3.63) is 90.7 Å². The van der Waals surface area contributed by atoms with Crippen LogP contribution in [0.3, 0.4) is 0 Å². The van der Waals surface area contributed by atoms with E-state index in [9.17, 15) is 43.3 Å². The molecule has 0 aliphatic heterocycles. The van der Waals surface area contributed by atoms with Crippen LogP contribution < -0.4 is 68.9 Å². The van der Waals surface area contributed by atoms with Crippen molar-refractivity contribution in [3.8, 4) is 5.75 Å². The first-order valence-electron chi connectivity index (χ1n) is 12.4. The van der Waals surface area contributed by atoms with E-state index in [0.717, 1.165) is 35.3 Å². The van der Waals surface area contributed by atoms with Crippen molar-refractivity contribution in [1.29, 1.82) is 0 Å². The third-order valence-electron chi connectivity index (χ3n) is 6.05. The summed E-state index contributed by atoms with van der Waals surface area (Å²) in [5.41, 5.74) is -1.36. The van der Waals surface area contributed by atoms with Crippen LogP contribution in [0.1, 0.15) is 0 Å². The van der Waals surface area contributed by atoms with E-state index in [1.165, 1.54) is 48.5 Å². The Labute approximate surface area is 320 Å². The van der Waals surface area contributed by atoms with Gasteiger partial charge in [0.05, 0.1) is 43.7 Å². The largest absolute Gasteiger partial charge is 1.00 e. The number of sulfone groups is 2. The van der Waals surface area contributed by atoms with E-state index in [0.29, 0.717) is 0 Å². The van der Waals surface area contributed by atoms with Crippen LogP contribution in [-0.4, -0.2) is 44.5 Å². The molecule has 1 N–H and O–H groups in total. The molecule has 4 rings (SSSR count). The van der Waals surface area contributed by atoms with Crippen LogP contribution in [0.15, 0.2) is 126 Å². The Morgan fingerprint density at radius 2 is 1.08 bits per heavy atom. The van der Waals surface area contributed by atoms with Crippen LogP contribution in [0, 0.1) is 0 Å². The summed E-state index contributed by atoms with van der Waals surface area (Å²) in [7, 11) is -16.9. The Morgan fingerprint density at radius 3 is 1.48 bits per heavy atom. The van der Waals surface area contributed by atoms with E-state index < -0.39 is 56.1 Å². The molecule has 0 atom stereocenters. The zero-order valence-corrected chi connectivity index (χ0v) is 32.7. The molecule has 0 unspecified atom stereocenters. The fraction of sp³-hybridized carbons (Fsp3) is 0.0370. The molecule has 0 amide bonds. The number of azo groups is 2. The number of benzene rings is 4. The number of nitrogens with zero attached hydrogens (tertiary/aromatic N) is 4. The van der Waals surface area contributed by atoms with Gasteiger partial charge in [-0.15, -0.1) is 10.2 Å². The molecule has 21 heteroatoms. The van der Waals surface area contributed by atoms with Gasteiger partial charge in [0.1, 0.15) is 15.8 Å². The van der Waals surface area contributed by atoms with E-state index in [2.05, 4.69) is 38.3 Å². The van der Waals surface area contributed by atoms with Gasteiger partial charge in [0.25, 0.3) is 0 Å². The van der Waals surface area contributed by atoms with Crippen LogP contribution >= 0.6 is 0 Å². The summed E-state index contributed by atoms with van der Waals surface area (Å²) in [4.78, 5) is -1.31. The molecule has 0 saturated carbocycles. The summed E-state index contributed by atoms with van der Waals surface area (Å²) < 4.78 is 111. The number of anilines is 1. The van der Waals surface area contributed by atoms with E-state index in [1.54, 1.807) is 0 Å². The Kier molecular flexibility index (Phi) is 13.6. The van der Waals surface area contributed by atoms with E-state index in [4.69, 9.17) is 0 Å². The zero-order chi connectivity index (χ0) is 34.1. The molecule has 0 aromatic heterocycles. The minimum Gasteiger partial charge on any atom is -0.871 e.